The van der Waals surface area contributed by atoms with Gasteiger partial charge in [-0.3, -0.25) is 0 Å². The summed E-state index contributed by atoms with van der Waals surface area (Å²) in [5.74, 6) is 0.335. The van der Waals surface area contributed by atoms with Gasteiger partial charge in [-0.1, -0.05) is 24.3 Å². The molecule has 10 heteroatoms. The van der Waals surface area contributed by atoms with Crippen LogP contribution >= 0.6 is 0 Å². The number of alkyl halides is 3. The summed E-state index contributed by atoms with van der Waals surface area (Å²) in [5.41, 5.74) is 4.01. The van der Waals surface area contributed by atoms with Gasteiger partial charge in [-0.05, 0) is 49.0 Å². The number of ether oxygens (including phenoxy) is 1. The van der Waals surface area contributed by atoms with E-state index in [0.29, 0.717) is 29.3 Å². The van der Waals surface area contributed by atoms with E-state index in [0.717, 1.165) is 31.7 Å². The number of halogens is 3. The third kappa shape index (κ3) is 5.48. The molecule has 0 radical (unpaired) electrons. The normalized spacial score (nSPS) is 14.9. The fraction of sp³-hybridized carbons (Fsp3) is 0.280. The first-order chi connectivity index (χ1) is 16.8. The van der Waals surface area contributed by atoms with Crippen molar-refractivity contribution >= 4 is 17.2 Å². The number of rotatable bonds is 6. The summed E-state index contributed by atoms with van der Waals surface area (Å²) in [4.78, 5) is 9.04. The summed E-state index contributed by atoms with van der Waals surface area (Å²) < 4.78 is 43.5. The zero-order valence-corrected chi connectivity index (χ0v) is 19.2. The summed E-state index contributed by atoms with van der Waals surface area (Å²) in [5, 5.41) is 7.91. The van der Waals surface area contributed by atoms with Crippen LogP contribution in [0.1, 0.15) is 5.56 Å². The van der Waals surface area contributed by atoms with Crippen LogP contribution in [0.25, 0.3) is 16.9 Å². The highest BCUT2D eigenvalue weighted by molar-refractivity contribution is 5.65. The molecule has 2 aromatic carbocycles. The minimum Gasteiger partial charge on any atom is -0.406 e. The lowest BCUT2D eigenvalue weighted by molar-refractivity contribution is -0.274. The Bertz CT molecular complexity index is 1300. The molecule has 5 rings (SSSR count). The van der Waals surface area contributed by atoms with Crippen molar-refractivity contribution in [1.29, 1.82) is 0 Å². The maximum atomic E-state index is 12.6. The number of benzene rings is 2. The van der Waals surface area contributed by atoms with Gasteiger partial charge in [0.05, 0.1) is 11.9 Å². The fourth-order valence-electron chi connectivity index (χ4n) is 4.10. The van der Waals surface area contributed by atoms with Crippen molar-refractivity contribution in [3.63, 3.8) is 0 Å². The van der Waals surface area contributed by atoms with E-state index in [1.54, 1.807) is 16.8 Å². The molecule has 0 saturated carbocycles. The average Bonchev–Trinajstić information content (AvgIpc) is 3.26. The number of hydrogen-bond acceptors (Lipinski definition) is 6. The number of piperazine rings is 1. The summed E-state index contributed by atoms with van der Waals surface area (Å²) >= 11 is 0. The topological polar surface area (TPSA) is 57.9 Å². The van der Waals surface area contributed by atoms with Crippen LogP contribution in [0.3, 0.4) is 0 Å². The Labute approximate surface area is 200 Å². The summed E-state index contributed by atoms with van der Waals surface area (Å²) in [6.07, 6.45) is -3.17. The maximum absolute atomic E-state index is 12.6. The Morgan fingerprint density at radius 2 is 1.74 bits per heavy atom. The van der Waals surface area contributed by atoms with Gasteiger partial charge >= 0.3 is 6.36 Å². The zero-order valence-electron chi connectivity index (χ0n) is 19.2. The molecule has 0 aliphatic carbocycles. The fourth-order valence-corrected chi connectivity index (χ4v) is 4.10. The lowest BCUT2D eigenvalue weighted by Gasteiger charge is -2.34. The van der Waals surface area contributed by atoms with Crippen molar-refractivity contribution in [2.24, 2.45) is 0 Å². The second-order valence-corrected chi connectivity index (χ2v) is 8.52. The molecule has 7 nitrogen and oxygen atoms in total. The lowest BCUT2D eigenvalue weighted by Crippen LogP contribution is -2.44. The predicted octanol–water partition coefficient (Wildman–Crippen LogP) is 4.66. The van der Waals surface area contributed by atoms with E-state index in [9.17, 15) is 13.2 Å². The third-order valence-electron chi connectivity index (χ3n) is 6.00. The molecule has 3 heterocycles. The van der Waals surface area contributed by atoms with Crippen molar-refractivity contribution in [3.05, 3.63) is 72.4 Å². The number of likely N-dealkylation sites (N-methyl/N-ethyl adjacent to an activating group) is 1. The first-order valence-electron chi connectivity index (χ1n) is 11.3. The van der Waals surface area contributed by atoms with Gasteiger partial charge in [0.2, 0.25) is 0 Å². The van der Waals surface area contributed by atoms with Crippen LogP contribution in [0.2, 0.25) is 0 Å². The Kier molecular flexibility index (Phi) is 6.21. The van der Waals surface area contributed by atoms with Gasteiger partial charge in [0, 0.05) is 44.0 Å². The van der Waals surface area contributed by atoms with Crippen molar-refractivity contribution in [1.82, 2.24) is 19.5 Å². The van der Waals surface area contributed by atoms with Gasteiger partial charge < -0.3 is 19.9 Å². The lowest BCUT2D eigenvalue weighted by atomic mass is 10.1. The quantitative estimate of drug-likeness (QED) is 0.432. The third-order valence-corrected chi connectivity index (χ3v) is 6.00. The van der Waals surface area contributed by atoms with E-state index in [-0.39, 0.29) is 5.75 Å². The minimum absolute atomic E-state index is 0.292. The smallest absolute Gasteiger partial charge is 0.406 e. The molecular formula is C25H25F3N6O. The molecule has 1 N–H and O–H groups in total. The molecule has 1 saturated heterocycles. The molecule has 182 valence electrons. The zero-order chi connectivity index (χ0) is 24.4. The number of imidazole rings is 1. The van der Waals surface area contributed by atoms with Gasteiger partial charge in [0.1, 0.15) is 11.6 Å². The van der Waals surface area contributed by atoms with E-state index in [2.05, 4.69) is 61.2 Å². The van der Waals surface area contributed by atoms with Gasteiger partial charge in [-0.2, -0.15) is 0 Å². The van der Waals surface area contributed by atoms with E-state index in [1.165, 1.54) is 23.9 Å². The van der Waals surface area contributed by atoms with Gasteiger partial charge in [0.25, 0.3) is 0 Å². The van der Waals surface area contributed by atoms with Gasteiger partial charge in [-0.15, -0.1) is 18.3 Å². The van der Waals surface area contributed by atoms with E-state index < -0.39 is 6.36 Å². The molecule has 0 bridgehead atoms. The SMILES string of the molecule is CN1CCN(c2ccc(CNc3ccc4ncc(-c5cccc(OC(F)(F)F)c5)n4n3)cc2)CC1. The number of anilines is 2. The summed E-state index contributed by atoms with van der Waals surface area (Å²) in [6, 6.07) is 17.9. The molecule has 0 unspecified atom stereocenters. The highest BCUT2D eigenvalue weighted by Crippen LogP contribution is 2.28. The molecule has 4 aromatic rings. The Morgan fingerprint density at radius 3 is 2.49 bits per heavy atom. The van der Waals surface area contributed by atoms with E-state index >= 15 is 0 Å². The van der Waals surface area contributed by atoms with Crippen LogP contribution < -0.4 is 15.0 Å². The first-order valence-corrected chi connectivity index (χ1v) is 11.3. The molecule has 35 heavy (non-hydrogen) atoms. The van der Waals surface area contributed by atoms with Crippen LogP contribution in [-0.2, 0) is 6.54 Å². The molecular weight excluding hydrogens is 457 g/mol. The van der Waals surface area contributed by atoms with Crippen LogP contribution in [0.15, 0.2) is 66.9 Å². The predicted molar refractivity (Wildman–Crippen MR) is 129 cm³/mol. The van der Waals surface area contributed by atoms with Gasteiger partial charge in [-0.25, -0.2) is 9.50 Å². The largest absolute Gasteiger partial charge is 0.573 e. The summed E-state index contributed by atoms with van der Waals surface area (Å²) in [7, 11) is 2.14. The minimum atomic E-state index is -4.75. The number of nitrogens with zero attached hydrogens (tertiary/aromatic N) is 5. The molecule has 0 spiro atoms. The number of fused-ring (bicyclic) bond motifs is 1. The van der Waals surface area contributed by atoms with Crippen LogP contribution in [0.5, 0.6) is 5.75 Å². The van der Waals surface area contributed by atoms with Crippen LogP contribution in [-0.4, -0.2) is 59.1 Å². The molecule has 2 aromatic heterocycles. The Balaban J connectivity index is 1.29. The maximum Gasteiger partial charge on any atom is 0.573 e. The van der Waals surface area contributed by atoms with Crippen LogP contribution in [0, 0.1) is 0 Å². The number of nitrogens with one attached hydrogen (secondary N) is 1. The number of aromatic nitrogens is 3. The second kappa shape index (κ2) is 9.46. The average molecular weight is 483 g/mol. The highest BCUT2D eigenvalue weighted by Gasteiger charge is 2.31. The first kappa shape index (κ1) is 23.0. The van der Waals surface area contributed by atoms with E-state index in [4.69, 9.17) is 0 Å². The van der Waals surface area contributed by atoms with Crippen LogP contribution in [0.4, 0.5) is 24.7 Å². The monoisotopic (exact) mass is 482 g/mol. The standard InChI is InChI=1S/C25H25F3N6O/c1-32-11-13-33(14-12-32)20-7-5-18(6-8-20)16-29-23-9-10-24-30-17-22(34(24)31-23)19-3-2-4-21(15-19)35-25(26,27)28/h2-10,15,17H,11-14,16H2,1H3,(H,29,31). The molecule has 1 fully saturated rings. The Morgan fingerprint density at radius 1 is 0.971 bits per heavy atom. The van der Waals surface area contributed by atoms with Crippen molar-refractivity contribution < 1.29 is 17.9 Å². The van der Waals surface area contributed by atoms with Crippen molar-refractivity contribution in [3.8, 4) is 17.0 Å². The van der Waals surface area contributed by atoms with Crippen molar-refractivity contribution in [2.45, 2.75) is 12.9 Å². The van der Waals surface area contributed by atoms with Crippen molar-refractivity contribution in [2.75, 3.05) is 43.4 Å². The second-order valence-electron chi connectivity index (χ2n) is 8.52. The molecule has 0 amide bonds. The molecule has 1 aliphatic rings. The number of hydrogen-bond donors (Lipinski definition) is 1. The highest BCUT2D eigenvalue weighted by atomic mass is 19.4. The molecule has 1 aliphatic heterocycles. The molecule has 0 atom stereocenters. The van der Waals surface area contributed by atoms with E-state index in [1.807, 2.05) is 12.1 Å². The summed E-state index contributed by atoms with van der Waals surface area (Å²) in [6.45, 7) is 4.76. The Hall–Kier alpha value is -3.79. The van der Waals surface area contributed by atoms with Gasteiger partial charge in [0.15, 0.2) is 5.65 Å².